The van der Waals surface area contributed by atoms with Gasteiger partial charge >= 0.3 is 0 Å². The summed E-state index contributed by atoms with van der Waals surface area (Å²) in [6.45, 7) is 0. The predicted octanol–water partition coefficient (Wildman–Crippen LogP) is 1.63. The largest absolute Gasteiger partial charge is 0.320 e. The molecule has 0 atom stereocenters. The second-order valence-electron chi connectivity index (χ2n) is 2.56. The van der Waals surface area contributed by atoms with E-state index >= 15 is 0 Å². The molecule has 0 bridgehead atoms. The topological polar surface area (TPSA) is 58.6 Å². The second kappa shape index (κ2) is 3.89. The Labute approximate surface area is 88.6 Å². The maximum atomic E-state index is 11.0. The van der Waals surface area contributed by atoms with Crippen molar-refractivity contribution >= 4 is 22.9 Å². The van der Waals surface area contributed by atoms with Crippen LogP contribution in [0.15, 0.2) is 23.0 Å². The van der Waals surface area contributed by atoms with E-state index in [0.717, 1.165) is 5.01 Å². The molecule has 0 aliphatic carbocycles. The first-order valence-electron chi connectivity index (χ1n) is 3.87. The summed E-state index contributed by atoms with van der Waals surface area (Å²) in [4.78, 5) is 13.7. The third-order valence-corrected chi connectivity index (χ3v) is 2.95. The van der Waals surface area contributed by atoms with Crippen molar-refractivity contribution in [3.63, 3.8) is 0 Å². The van der Waals surface area contributed by atoms with Crippen LogP contribution in [0.2, 0.25) is 0 Å². The van der Waals surface area contributed by atoms with Crippen molar-refractivity contribution in [1.29, 1.82) is 0 Å². The molecule has 4 nitrogen and oxygen atoms in total. The Morgan fingerprint density at radius 3 is 2.93 bits per heavy atom. The van der Waals surface area contributed by atoms with Gasteiger partial charge in [0.15, 0.2) is 5.01 Å². The van der Waals surface area contributed by atoms with Crippen LogP contribution >= 0.6 is 22.9 Å². The fourth-order valence-corrected chi connectivity index (χ4v) is 1.88. The highest BCUT2D eigenvalue weighted by Gasteiger charge is 2.05. The first kappa shape index (κ1) is 9.36. The summed E-state index contributed by atoms with van der Waals surface area (Å²) in [5, 5.41) is 9.19. The zero-order valence-electron chi connectivity index (χ0n) is 7.03. The zero-order chi connectivity index (χ0) is 9.97. The monoisotopic (exact) mass is 227 g/mol. The van der Waals surface area contributed by atoms with Crippen LogP contribution < -0.4 is 5.56 Å². The fourth-order valence-electron chi connectivity index (χ4n) is 0.989. The summed E-state index contributed by atoms with van der Waals surface area (Å²) in [5.41, 5.74) is 0.525. The number of aromatic amines is 1. The van der Waals surface area contributed by atoms with E-state index in [2.05, 4.69) is 15.2 Å². The minimum atomic E-state index is -0.148. The highest BCUT2D eigenvalue weighted by atomic mass is 35.5. The van der Waals surface area contributed by atoms with Crippen LogP contribution in [0, 0.1) is 0 Å². The smallest absolute Gasteiger partial charge is 0.248 e. The maximum Gasteiger partial charge on any atom is 0.248 e. The average Bonchev–Trinajstić information content (AvgIpc) is 2.66. The molecule has 14 heavy (non-hydrogen) atoms. The number of rotatable bonds is 2. The van der Waals surface area contributed by atoms with Crippen molar-refractivity contribution in [2.75, 3.05) is 0 Å². The van der Waals surface area contributed by atoms with Gasteiger partial charge < -0.3 is 4.98 Å². The van der Waals surface area contributed by atoms with Crippen LogP contribution in [-0.4, -0.2) is 15.2 Å². The van der Waals surface area contributed by atoms with Gasteiger partial charge in [-0.25, -0.2) is 0 Å². The fraction of sp³-hybridized carbons (Fsp3) is 0.125. The zero-order valence-corrected chi connectivity index (χ0v) is 8.60. The number of hydrogen-bond acceptors (Lipinski definition) is 4. The van der Waals surface area contributed by atoms with Gasteiger partial charge in [0.25, 0.3) is 0 Å². The van der Waals surface area contributed by atoms with Gasteiger partial charge in [-0.3, -0.25) is 4.79 Å². The molecule has 0 unspecified atom stereocenters. The molecule has 0 radical (unpaired) electrons. The summed E-state index contributed by atoms with van der Waals surface area (Å²) in [6, 6.07) is 4.91. The summed E-state index contributed by atoms with van der Waals surface area (Å²) < 4.78 is 0. The standard InChI is InChI=1S/C8H6ClN3OS/c9-4-7-11-12-8(14-7)5-2-1-3-6(13)10-5/h1-3H,4H2,(H,10,13). The lowest BCUT2D eigenvalue weighted by atomic mass is 10.4. The highest BCUT2D eigenvalue weighted by Crippen LogP contribution is 2.21. The van der Waals surface area contributed by atoms with Gasteiger partial charge in [-0.05, 0) is 6.07 Å². The van der Waals surface area contributed by atoms with Crippen molar-refractivity contribution in [2.45, 2.75) is 5.88 Å². The Bertz CT molecular complexity index is 493. The third kappa shape index (κ3) is 1.83. The van der Waals surface area contributed by atoms with E-state index in [1.807, 2.05) is 0 Å². The molecule has 0 fully saturated rings. The van der Waals surface area contributed by atoms with Crippen LogP contribution in [0.4, 0.5) is 0 Å². The first-order chi connectivity index (χ1) is 6.79. The molecule has 2 heterocycles. The number of H-pyrrole nitrogens is 1. The molecule has 2 aromatic rings. The quantitative estimate of drug-likeness (QED) is 0.794. The molecule has 72 valence electrons. The van der Waals surface area contributed by atoms with E-state index in [4.69, 9.17) is 11.6 Å². The van der Waals surface area contributed by atoms with Crippen LogP contribution in [0.25, 0.3) is 10.7 Å². The molecular weight excluding hydrogens is 222 g/mol. The number of pyridine rings is 1. The second-order valence-corrected chi connectivity index (χ2v) is 3.89. The number of nitrogens with zero attached hydrogens (tertiary/aromatic N) is 2. The summed E-state index contributed by atoms with van der Waals surface area (Å²) in [7, 11) is 0. The van der Waals surface area contributed by atoms with E-state index in [9.17, 15) is 4.79 Å². The Hall–Kier alpha value is -1.20. The molecule has 0 aromatic carbocycles. The third-order valence-electron chi connectivity index (χ3n) is 1.58. The Morgan fingerprint density at radius 2 is 2.29 bits per heavy atom. The van der Waals surface area contributed by atoms with E-state index in [0.29, 0.717) is 16.6 Å². The Kier molecular flexibility index (Phi) is 2.60. The number of nitrogens with one attached hydrogen (secondary N) is 1. The van der Waals surface area contributed by atoms with E-state index < -0.39 is 0 Å². The highest BCUT2D eigenvalue weighted by molar-refractivity contribution is 7.14. The normalized spacial score (nSPS) is 10.4. The molecule has 0 aliphatic heterocycles. The predicted molar refractivity (Wildman–Crippen MR) is 55.5 cm³/mol. The molecule has 0 amide bonds. The summed E-state index contributed by atoms with van der Waals surface area (Å²) >= 11 is 6.97. The lowest BCUT2D eigenvalue weighted by molar-refractivity contribution is 1.03. The molecule has 1 N–H and O–H groups in total. The minimum Gasteiger partial charge on any atom is -0.320 e. The molecular formula is C8H6ClN3OS. The van der Waals surface area contributed by atoms with Gasteiger partial charge in [-0.15, -0.1) is 21.8 Å². The van der Waals surface area contributed by atoms with E-state index in [-0.39, 0.29) is 5.56 Å². The number of halogens is 1. The van der Waals surface area contributed by atoms with Gasteiger partial charge in [0.2, 0.25) is 5.56 Å². The molecule has 2 rings (SSSR count). The van der Waals surface area contributed by atoms with Crippen LogP contribution in [0.1, 0.15) is 5.01 Å². The molecule has 0 saturated carbocycles. The Morgan fingerprint density at radius 1 is 1.43 bits per heavy atom. The van der Waals surface area contributed by atoms with Gasteiger partial charge in [0.05, 0.1) is 11.6 Å². The lowest BCUT2D eigenvalue weighted by Gasteiger charge is -1.91. The number of hydrogen-bond donors (Lipinski definition) is 1. The molecule has 0 aliphatic rings. The van der Waals surface area contributed by atoms with Crippen LogP contribution in [-0.2, 0) is 5.88 Å². The lowest BCUT2D eigenvalue weighted by Crippen LogP contribution is -2.03. The van der Waals surface area contributed by atoms with Crippen molar-refractivity contribution in [1.82, 2.24) is 15.2 Å². The van der Waals surface area contributed by atoms with Gasteiger partial charge in [0.1, 0.15) is 5.01 Å². The molecule has 2 aromatic heterocycles. The minimum absolute atomic E-state index is 0.148. The SMILES string of the molecule is O=c1cccc(-c2nnc(CCl)s2)[nH]1. The van der Waals surface area contributed by atoms with Crippen molar-refractivity contribution in [3.05, 3.63) is 33.6 Å². The molecule has 0 spiro atoms. The van der Waals surface area contributed by atoms with Crippen LogP contribution in [0.3, 0.4) is 0 Å². The van der Waals surface area contributed by atoms with Crippen molar-refractivity contribution < 1.29 is 0 Å². The van der Waals surface area contributed by atoms with E-state index in [1.54, 1.807) is 12.1 Å². The average molecular weight is 228 g/mol. The maximum absolute atomic E-state index is 11.0. The number of aromatic nitrogens is 3. The molecule has 6 heteroatoms. The van der Waals surface area contributed by atoms with E-state index in [1.165, 1.54) is 17.4 Å². The summed E-state index contributed by atoms with van der Waals surface area (Å²) in [5.74, 6) is 0.342. The Balaban J connectivity index is 2.44. The van der Waals surface area contributed by atoms with Crippen LogP contribution in [0.5, 0.6) is 0 Å². The molecule has 0 saturated heterocycles. The van der Waals surface area contributed by atoms with Crippen molar-refractivity contribution in [3.8, 4) is 10.7 Å². The summed E-state index contributed by atoms with van der Waals surface area (Å²) in [6.07, 6.45) is 0. The van der Waals surface area contributed by atoms with Gasteiger partial charge in [0, 0.05) is 6.07 Å². The first-order valence-corrected chi connectivity index (χ1v) is 5.23. The number of alkyl halides is 1. The van der Waals surface area contributed by atoms with Crippen molar-refractivity contribution in [2.24, 2.45) is 0 Å². The van der Waals surface area contributed by atoms with Gasteiger partial charge in [-0.1, -0.05) is 17.4 Å². The van der Waals surface area contributed by atoms with Gasteiger partial charge in [-0.2, -0.15) is 0 Å².